The van der Waals surface area contributed by atoms with Crippen LogP contribution in [-0.2, 0) is 4.79 Å². The Labute approximate surface area is 103 Å². The molecule has 1 aliphatic rings. The molecule has 1 rings (SSSR count). The quantitative estimate of drug-likeness (QED) is 0.648. The smallest absolute Gasteiger partial charge is 0.240 e. The van der Waals surface area contributed by atoms with Crippen LogP contribution in [0.15, 0.2) is 0 Å². The van der Waals surface area contributed by atoms with E-state index in [0.29, 0.717) is 13.0 Å². The summed E-state index contributed by atoms with van der Waals surface area (Å²) in [6, 6.07) is 1.46. The van der Waals surface area contributed by atoms with E-state index < -0.39 is 6.04 Å². The SMILES string of the molecule is CNCCCCC(N)C(=O)N1CCC[C@@H]1C#N. The van der Waals surface area contributed by atoms with Gasteiger partial charge in [0.05, 0.1) is 12.1 Å². The highest BCUT2D eigenvalue weighted by atomic mass is 16.2. The highest BCUT2D eigenvalue weighted by molar-refractivity contribution is 5.82. The Bertz CT molecular complexity index is 287. The summed E-state index contributed by atoms with van der Waals surface area (Å²) >= 11 is 0. The molecule has 1 amide bonds. The largest absolute Gasteiger partial charge is 0.325 e. The van der Waals surface area contributed by atoms with Crippen LogP contribution in [0.25, 0.3) is 0 Å². The van der Waals surface area contributed by atoms with Crippen molar-refractivity contribution >= 4 is 5.91 Å². The maximum absolute atomic E-state index is 12.0. The molecule has 0 aromatic heterocycles. The topological polar surface area (TPSA) is 82.2 Å². The van der Waals surface area contributed by atoms with Crippen molar-refractivity contribution in [1.82, 2.24) is 10.2 Å². The van der Waals surface area contributed by atoms with Crippen LogP contribution in [0.5, 0.6) is 0 Å². The van der Waals surface area contributed by atoms with Gasteiger partial charge in [-0.05, 0) is 39.3 Å². The molecule has 96 valence electrons. The predicted molar refractivity (Wildman–Crippen MR) is 66.1 cm³/mol. The predicted octanol–water partition coefficient (Wildman–Crippen LogP) is 0.218. The van der Waals surface area contributed by atoms with Gasteiger partial charge in [-0.3, -0.25) is 4.79 Å². The molecule has 5 heteroatoms. The van der Waals surface area contributed by atoms with Gasteiger partial charge in [0.2, 0.25) is 5.91 Å². The van der Waals surface area contributed by atoms with Crippen LogP contribution >= 0.6 is 0 Å². The molecule has 1 fully saturated rings. The summed E-state index contributed by atoms with van der Waals surface area (Å²) in [5.41, 5.74) is 5.88. The minimum absolute atomic E-state index is 0.0569. The zero-order valence-corrected chi connectivity index (χ0v) is 10.5. The molecule has 1 saturated heterocycles. The van der Waals surface area contributed by atoms with Crippen molar-refractivity contribution in [2.45, 2.75) is 44.2 Å². The molecule has 0 spiro atoms. The molecule has 1 aliphatic heterocycles. The average molecular weight is 238 g/mol. The molecule has 1 unspecified atom stereocenters. The van der Waals surface area contributed by atoms with Gasteiger partial charge in [0.25, 0.3) is 0 Å². The Kier molecular flexibility index (Phi) is 5.95. The lowest BCUT2D eigenvalue weighted by Crippen LogP contribution is -2.45. The van der Waals surface area contributed by atoms with Gasteiger partial charge in [-0.25, -0.2) is 0 Å². The monoisotopic (exact) mass is 238 g/mol. The zero-order valence-electron chi connectivity index (χ0n) is 10.5. The van der Waals surface area contributed by atoms with Crippen LogP contribution in [0.4, 0.5) is 0 Å². The van der Waals surface area contributed by atoms with Gasteiger partial charge >= 0.3 is 0 Å². The van der Waals surface area contributed by atoms with E-state index in [1.165, 1.54) is 0 Å². The summed E-state index contributed by atoms with van der Waals surface area (Å²) < 4.78 is 0. The van der Waals surface area contributed by atoms with E-state index in [-0.39, 0.29) is 11.9 Å². The third-order valence-corrected chi connectivity index (χ3v) is 3.19. The number of unbranched alkanes of at least 4 members (excludes halogenated alkanes) is 1. The van der Waals surface area contributed by atoms with Gasteiger partial charge in [-0.15, -0.1) is 0 Å². The molecule has 0 aromatic carbocycles. The number of hydrogen-bond donors (Lipinski definition) is 2. The van der Waals surface area contributed by atoms with Gasteiger partial charge in [0.15, 0.2) is 0 Å². The third-order valence-electron chi connectivity index (χ3n) is 3.19. The molecule has 2 atom stereocenters. The van der Waals surface area contributed by atoms with Gasteiger partial charge < -0.3 is 16.0 Å². The number of carbonyl (C=O) groups excluding carboxylic acids is 1. The first-order valence-electron chi connectivity index (χ1n) is 6.31. The molecular formula is C12H22N4O. The lowest BCUT2D eigenvalue weighted by molar-refractivity contribution is -0.132. The maximum Gasteiger partial charge on any atom is 0.240 e. The highest BCUT2D eigenvalue weighted by Gasteiger charge is 2.31. The number of nitrogens with two attached hydrogens (primary N) is 1. The van der Waals surface area contributed by atoms with Crippen LogP contribution in [-0.4, -0.2) is 43.0 Å². The fourth-order valence-corrected chi connectivity index (χ4v) is 2.17. The third kappa shape index (κ3) is 3.99. The van der Waals surface area contributed by atoms with Crippen molar-refractivity contribution < 1.29 is 4.79 Å². The Hall–Kier alpha value is -1.12. The number of likely N-dealkylation sites (tertiary alicyclic amines) is 1. The lowest BCUT2D eigenvalue weighted by Gasteiger charge is -2.23. The minimum atomic E-state index is -0.444. The van der Waals surface area contributed by atoms with E-state index in [1.807, 2.05) is 7.05 Å². The van der Waals surface area contributed by atoms with Crippen LogP contribution in [0.3, 0.4) is 0 Å². The van der Waals surface area contributed by atoms with Gasteiger partial charge in [0.1, 0.15) is 6.04 Å². The number of nitrogens with zero attached hydrogens (tertiary/aromatic N) is 2. The number of hydrogen-bond acceptors (Lipinski definition) is 4. The summed E-state index contributed by atoms with van der Waals surface area (Å²) in [7, 11) is 1.91. The number of rotatable bonds is 6. The van der Waals surface area contributed by atoms with Crippen molar-refractivity contribution in [3.8, 4) is 6.07 Å². The Morgan fingerprint density at radius 1 is 1.65 bits per heavy atom. The molecule has 0 radical (unpaired) electrons. The van der Waals surface area contributed by atoms with Crippen molar-refractivity contribution in [3.05, 3.63) is 0 Å². The molecule has 0 saturated carbocycles. The number of nitrogens with one attached hydrogen (secondary N) is 1. The molecule has 0 aromatic rings. The normalized spacial score (nSPS) is 21.2. The fourth-order valence-electron chi connectivity index (χ4n) is 2.17. The summed E-state index contributed by atoms with van der Waals surface area (Å²) in [4.78, 5) is 13.7. The van der Waals surface area contributed by atoms with Gasteiger partial charge in [0, 0.05) is 6.54 Å². The Balaban J connectivity index is 2.33. The van der Waals surface area contributed by atoms with Crippen molar-refractivity contribution in [3.63, 3.8) is 0 Å². The van der Waals surface area contributed by atoms with Gasteiger partial charge in [-0.2, -0.15) is 5.26 Å². The first-order valence-corrected chi connectivity index (χ1v) is 6.31. The summed E-state index contributed by atoms with van der Waals surface area (Å²) in [6.45, 7) is 1.63. The van der Waals surface area contributed by atoms with E-state index in [1.54, 1.807) is 4.90 Å². The number of carbonyl (C=O) groups is 1. The van der Waals surface area contributed by atoms with Crippen LogP contribution in [0, 0.1) is 11.3 Å². The lowest BCUT2D eigenvalue weighted by atomic mass is 10.1. The summed E-state index contributed by atoms with van der Waals surface area (Å²) in [5.74, 6) is -0.0569. The van der Waals surface area contributed by atoms with Crippen LogP contribution in [0.2, 0.25) is 0 Å². The molecule has 3 N–H and O–H groups in total. The minimum Gasteiger partial charge on any atom is -0.325 e. The second-order valence-corrected chi connectivity index (χ2v) is 4.52. The molecule has 17 heavy (non-hydrogen) atoms. The summed E-state index contributed by atoms with van der Waals surface area (Å²) in [6.07, 6.45) is 4.37. The molecule has 1 heterocycles. The number of nitriles is 1. The first-order chi connectivity index (χ1) is 8.20. The van der Waals surface area contributed by atoms with E-state index in [0.717, 1.165) is 32.2 Å². The zero-order chi connectivity index (χ0) is 12.7. The second kappa shape index (κ2) is 7.25. The van der Waals surface area contributed by atoms with E-state index in [9.17, 15) is 4.79 Å². The van der Waals surface area contributed by atoms with E-state index >= 15 is 0 Å². The highest BCUT2D eigenvalue weighted by Crippen LogP contribution is 2.18. The maximum atomic E-state index is 12.0. The molecule has 0 bridgehead atoms. The van der Waals surface area contributed by atoms with Crippen LogP contribution < -0.4 is 11.1 Å². The van der Waals surface area contributed by atoms with E-state index in [4.69, 9.17) is 11.0 Å². The standard InChI is InChI=1S/C12H22N4O/c1-15-7-3-2-6-11(14)12(17)16-8-4-5-10(16)9-13/h10-11,15H,2-8,14H2,1H3/t10-,11?/m1/s1. The molecule has 5 nitrogen and oxygen atoms in total. The van der Waals surface area contributed by atoms with Crippen molar-refractivity contribution in [1.29, 1.82) is 5.26 Å². The Morgan fingerprint density at radius 3 is 3.06 bits per heavy atom. The molecular weight excluding hydrogens is 216 g/mol. The first kappa shape index (κ1) is 13.9. The molecule has 0 aliphatic carbocycles. The number of amides is 1. The average Bonchev–Trinajstić information content (AvgIpc) is 2.81. The second-order valence-electron chi connectivity index (χ2n) is 4.52. The van der Waals surface area contributed by atoms with Crippen molar-refractivity contribution in [2.24, 2.45) is 5.73 Å². The fraction of sp³-hybridized carbons (Fsp3) is 0.833. The van der Waals surface area contributed by atoms with Crippen molar-refractivity contribution in [2.75, 3.05) is 20.1 Å². The summed E-state index contributed by atoms with van der Waals surface area (Å²) in [5, 5.41) is 12.0. The Morgan fingerprint density at radius 2 is 2.41 bits per heavy atom. The van der Waals surface area contributed by atoms with Gasteiger partial charge in [-0.1, -0.05) is 6.42 Å². The van der Waals surface area contributed by atoms with E-state index in [2.05, 4.69) is 11.4 Å². The van der Waals surface area contributed by atoms with Crippen LogP contribution in [0.1, 0.15) is 32.1 Å².